The Morgan fingerprint density at radius 3 is 1.51 bits per heavy atom. The number of esters is 1. The molecule has 0 rings (SSSR count). The number of alkyl halides is 9. The molecule has 0 aliphatic heterocycles. The van der Waals surface area contributed by atoms with Crippen molar-refractivity contribution in [3.63, 3.8) is 0 Å². The van der Waals surface area contributed by atoms with Crippen molar-refractivity contribution in [1.29, 1.82) is 0 Å². The second-order valence-electron chi connectivity index (χ2n) is 9.75. The van der Waals surface area contributed by atoms with Crippen molar-refractivity contribution in [2.75, 3.05) is 13.2 Å². The molecule has 2 N–H and O–H groups in total. The van der Waals surface area contributed by atoms with Crippen LogP contribution in [0.25, 0.3) is 0 Å². The SMILES string of the molecule is C=C(C)C(=O)OC(CC(CC)(CC)OCC(O)(C(F)(F)F)C(F)(F)F)C(CC)(CC)OCC(C)(O)C(F)(F)F. The maximum atomic E-state index is 13.3. The van der Waals surface area contributed by atoms with E-state index < -0.39 is 72.6 Å². The predicted octanol–water partition coefficient (Wildman–Crippen LogP) is 6.18. The van der Waals surface area contributed by atoms with Crippen LogP contribution in [0.3, 0.4) is 0 Å². The van der Waals surface area contributed by atoms with Gasteiger partial charge in [0, 0.05) is 12.0 Å². The number of carbonyl (C=O) groups is 1. The second-order valence-corrected chi connectivity index (χ2v) is 9.75. The van der Waals surface area contributed by atoms with Crippen molar-refractivity contribution in [1.82, 2.24) is 0 Å². The number of aliphatic hydroxyl groups is 2. The van der Waals surface area contributed by atoms with Crippen molar-refractivity contribution >= 4 is 5.97 Å². The molecule has 0 aromatic rings. The van der Waals surface area contributed by atoms with E-state index in [1.165, 1.54) is 34.6 Å². The summed E-state index contributed by atoms with van der Waals surface area (Å²) in [7, 11) is 0. The quantitative estimate of drug-likeness (QED) is 0.134. The highest BCUT2D eigenvalue weighted by Crippen LogP contribution is 2.45. The van der Waals surface area contributed by atoms with Crippen molar-refractivity contribution < 1.29 is 68.7 Å². The fourth-order valence-electron chi connectivity index (χ4n) is 3.65. The lowest BCUT2D eigenvalue weighted by molar-refractivity contribution is -0.383. The normalized spacial score (nSPS) is 16.5. The molecule has 2 atom stereocenters. The summed E-state index contributed by atoms with van der Waals surface area (Å²) >= 11 is 0. The summed E-state index contributed by atoms with van der Waals surface area (Å²) in [6.07, 6.45) is -20.4. The fourth-order valence-corrected chi connectivity index (χ4v) is 3.65. The van der Waals surface area contributed by atoms with Gasteiger partial charge in [-0.05, 0) is 39.5 Å². The van der Waals surface area contributed by atoms with Crippen LogP contribution in [0.15, 0.2) is 12.2 Å². The molecule has 0 bridgehead atoms. The summed E-state index contributed by atoms with van der Waals surface area (Å²) in [4.78, 5) is 12.4. The lowest BCUT2D eigenvalue weighted by Crippen LogP contribution is -2.61. The Morgan fingerprint density at radius 2 is 1.21 bits per heavy atom. The molecule has 6 nitrogen and oxygen atoms in total. The Kier molecular flexibility index (Phi) is 12.4. The minimum absolute atomic E-state index is 0.149. The van der Waals surface area contributed by atoms with E-state index in [1.807, 2.05) is 0 Å². The zero-order valence-corrected chi connectivity index (χ0v) is 22.7. The van der Waals surface area contributed by atoms with Crippen molar-refractivity contribution in [3.05, 3.63) is 12.2 Å². The molecule has 0 aromatic carbocycles. The monoisotopic (exact) mass is 592 g/mol. The largest absolute Gasteiger partial charge is 0.456 e. The maximum absolute atomic E-state index is 13.3. The molecule has 2 unspecified atom stereocenters. The highest BCUT2D eigenvalue weighted by atomic mass is 19.4. The first kappa shape index (κ1) is 37.4. The van der Waals surface area contributed by atoms with Gasteiger partial charge < -0.3 is 24.4 Å². The number of rotatable bonds is 15. The Balaban J connectivity index is 6.62. The van der Waals surface area contributed by atoms with Crippen LogP contribution >= 0.6 is 0 Å². The molecular weight excluding hydrogens is 555 g/mol. The van der Waals surface area contributed by atoms with E-state index in [0.717, 1.165) is 0 Å². The third kappa shape index (κ3) is 8.70. The van der Waals surface area contributed by atoms with E-state index >= 15 is 0 Å². The number of halogens is 9. The summed E-state index contributed by atoms with van der Waals surface area (Å²) in [6.45, 7) is 7.11. The molecule has 0 aliphatic carbocycles. The molecule has 39 heavy (non-hydrogen) atoms. The van der Waals surface area contributed by atoms with Crippen LogP contribution in [0.4, 0.5) is 39.5 Å². The number of hydrogen-bond acceptors (Lipinski definition) is 6. The average molecular weight is 593 g/mol. The summed E-state index contributed by atoms with van der Waals surface area (Å²) < 4.78 is 135. The van der Waals surface area contributed by atoms with E-state index in [-0.39, 0.29) is 31.3 Å². The maximum Gasteiger partial charge on any atom is 0.428 e. The fraction of sp³-hybridized carbons (Fsp3) is 0.875. The molecule has 0 radical (unpaired) electrons. The highest BCUT2D eigenvalue weighted by molar-refractivity contribution is 5.87. The smallest absolute Gasteiger partial charge is 0.428 e. The van der Waals surface area contributed by atoms with E-state index in [1.54, 1.807) is 0 Å². The van der Waals surface area contributed by atoms with Gasteiger partial charge in [-0.25, -0.2) is 4.79 Å². The Morgan fingerprint density at radius 1 is 0.769 bits per heavy atom. The third-order valence-corrected chi connectivity index (χ3v) is 7.00. The van der Waals surface area contributed by atoms with Crippen LogP contribution in [0.2, 0.25) is 0 Å². The third-order valence-electron chi connectivity index (χ3n) is 7.00. The van der Waals surface area contributed by atoms with Crippen LogP contribution < -0.4 is 0 Å². The topological polar surface area (TPSA) is 85.2 Å². The van der Waals surface area contributed by atoms with E-state index in [9.17, 15) is 54.5 Å². The van der Waals surface area contributed by atoms with Gasteiger partial charge in [-0.1, -0.05) is 34.3 Å². The minimum Gasteiger partial charge on any atom is -0.456 e. The summed E-state index contributed by atoms with van der Waals surface area (Å²) in [5, 5.41) is 19.4. The molecule has 0 aliphatic rings. The molecule has 0 aromatic heterocycles. The molecule has 0 fully saturated rings. The van der Waals surface area contributed by atoms with Gasteiger partial charge in [0.15, 0.2) is 5.60 Å². The van der Waals surface area contributed by atoms with E-state index in [4.69, 9.17) is 14.2 Å². The molecule has 232 valence electrons. The number of ether oxygens (including phenoxy) is 3. The van der Waals surface area contributed by atoms with Gasteiger partial charge in [-0.3, -0.25) is 0 Å². The van der Waals surface area contributed by atoms with Gasteiger partial charge in [-0.2, -0.15) is 39.5 Å². The average Bonchev–Trinajstić information content (AvgIpc) is 2.79. The van der Waals surface area contributed by atoms with Crippen molar-refractivity contribution in [2.24, 2.45) is 0 Å². The first-order chi connectivity index (χ1) is 17.3. The van der Waals surface area contributed by atoms with Crippen LogP contribution in [0.5, 0.6) is 0 Å². The summed E-state index contributed by atoms with van der Waals surface area (Å²) in [5.41, 5.74) is -12.4. The van der Waals surface area contributed by atoms with Crippen LogP contribution in [-0.2, 0) is 19.0 Å². The first-order valence-electron chi connectivity index (χ1n) is 12.1. The first-order valence-corrected chi connectivity index (χ1v) is 12.1. The van der Waals surface area contributed by atoms with Gasteiger partial charge in [0.2, 0.25) is 0 Å². The van der Waals surface area contributed by atoms with Gasteiger partial charge in [-0.15, -0.1) is 0 Å². The molecule has 0 spiro atoms. The second kappa shape index (κ2) is 12.9. The molecule has 0 amide bonds. The molecule has 0 heterocycles. The Hall–Kier alpha value is -1.58. The van der Waals surface area contributed by atoms with E-state index in [0.29, 0.717) is 6.92 Å². The van der Waals surface area contributed by atoms with E-state index in [2.05, 4.69) is 6.58 Å². The summed E-state index contributed by atoms with van der Waals surface area (Å²) in [5.74, 6) is -1.05. The van der Waals surface area contributed by atoms with Crippen molar-refractivity contribution in [3.8, 4) is 0 Å². The van der Waals surface area contributed by atoms with Crippen LogP contribution in [0.1, 0.15) is 73.6 Å². The molecule has 15 heteroatoms. The van der Waals surface area contributed by atoms with Gasteiger partial charge in [0.1, 0.15) is 11.7 Å². The van der Waals surface area contributed by atoms with Gasteiger partial charge >= 0.3 is 24.5 Å². The number of hydrogen-bond donors (Lipinski definition) is 2. The lowest BCUT2D eigenvalue weighted by atomic mass is 9.80. The highest BCUT2D eigenvalue weighted by Gasteiger charge is 2.71. The zero-order chi connectivity index (χ0) is 31.3. The Bertz CT molecular complexity index is 796. The van der Waals surface area contributed by atoms with Gasteiger partial charge in [0.05, 0.1) is 18.8 Å². The minimum atomic E-state index is -6.16. The standard InChI is InChI=1S/C24H37F9O6/c1-8-19(9-2,37-14-21(36,23(28,29)30)24(31,32)33)12-16(39-17(34)15(5)6)20(10-3,11-4)38-13-18(7,35)22(25,26)27/h16,35-36H,5,8-14H2,1-4,6-7H3. The van der Waals surface area contributed by atoms with Gasteiger partial charge in [0.25, 0.3) is 5.60 Å². The van der Waals surface area contributed by atoms with Crippen LogP contribution in [-0.4, -0.2) is 76.4 Å². The Labute approximate surface area is 221 Å². The van der Waals surface area contributed by atoms with Crippen molar-refractivity contribution in [2.45, 2.75) is 121 Å². The predicted molar refractivity (Wildman–Crippen MR) is 122 cm³/mol. The molecule has 0 saturated carbocycles. The molecule has 0 saturated heterocycles. The number of carbonyl (C=O) groups excluding carboxylic acids is 1. The lowest BCUT2D eigenvalue weighted by Gasteiger charge is -2.45. The zero-order valence-electron chi connectivity index (χ0n) is 22.7. The molecular formula is C24H37F9O6. The van der Waals surface area contributed by atoms with Crippen LogP contribution in [0, 0.1) is 0 Å². The summed E-state index contributed by atoms with van der Waals surface area (Å²) in [6, 6.07) is 0.